The van der Waals surface area contributed by atoms with Gasteiger partial charge in [0.15, 0.2) is 0 Å². The Hall–Kier alpha value is -1.52. The highest BCUT2D eigenvalue weighted by atomic mass is 35.5. The second-order valence-electron chi connectivity index (χ2n) is 3.38. The molecule has 2 rings (SSSR count). The molecule has 2 aromatic rings. The van der Waals surface area contributed by atoms with E-state index in [1.165, 1.54) is 6.07 Å². The van der Waals surface area contributed by atoms with Crippen molar-refractivity contribution < 1.29 is 4.79 Å². The van der Waals surface area contributed by atoms with Crippen LogP contribution in [0.2, 0.25) is 10.0 Å². The molecule has 0 spiro atoms. The van der Waals surface area contributed by atoms with Gasteiger partial charge < -0.3 is 10.3 Å². The van der Waals surface area contributed by atoms with Gasteiger partial charge in [0.25, 0.3) is 5.91 Å². The zero-order valence-corrected chi connectivity index (χ0v) is 10.2. The molecule has 1 aromatic carbocycles. The molecule has 6 heteroatoms. The molecule has 17 heavy (non-hydrogen) atoms. The molecular formula is C11H9Cl2N3O. The van der Waals surface area contributed by atoms with Gasteiger partial charge in [-0.3, -0.25) is 4.79 Å². The lowest BCUT2D eigenvalue weighted by Crippen LogP contribution is -2.23. The summed E-state index contributed by atoms with van der Waals surface area (Å²) in [4.78, 5) is 18.6. The van der Waals surface area contributed by atoms with Gasteiger partial charge in [-0.2, -0.15) is 0 Å². The van der Waals surface area contributed by atoms with E-state index in [0.717, 1.165) is 5.69 Å². The number of benzene rings is 1. The van der Waals surface area contributed by atoms with Crippen molar-refractivity contribution in [2.75, 3.05) is 0 Å². The molecule has 0 aliphatic rings. The monoisotopic (exact) mass is 269 g/mol. The maximum absolute atomic E-state index is 11.8. The highest BCUT2D eigenvalue weighted by Gasteiger charge is 2.10. The Morgan fingerprint density at radius 1 is 1.41 bits per heavy atom. The van der Waals surface area contributed by atoms with Crippen molar-refractivity contribution in [1.82, 2.24) is 15.3 Å². The lowest BCUT2D eigenvalue weighted by Gasteiger charge is -2.05. The molecule has 0 aliphatic heterocycles. The summed E-state index contributed by atoms with van der Waals surface area (Å²) in [6, 6.07) is 4.76. The summed E-state index contributed by atoms with van der Waals surface area (Å²) in [5, 5.41) is 3.56. The van der Waals surface area contributed by atoms with E-state index in [1.54, 1.807) is 24.7 Å². The van der Waals surface area contributed by atoms with Gasteiger partial charge in [-0.1, -0.05) is 23.2 Å². The first-order valence-electron chi connectivity index (χ1n) is 4.87. The Morgan fingerprint density at radius 3 is 2.94 bits per heavy atom. The lowest BCUT2D eigenvalue weighted by molar-refractivity contribution is 0.0950. The van der Waals surface area contributed by atoms with E-state index in [0.29, 0.717) is 22.2 Å². The molecule has 0 fully saturated rings. The standard InChI is InChI=1S/C11H9Cl2N3O/c12-7-1-2-10(13)9(3-7)11(17)15-5-8-4-14-6-16-8/h1-4,6H,5H2,(H,14,16)(H,15,17). The molecule has 0 aliphatic carbocycles. The minimum absolute atomic E-state index is 0.271. The fraction of sp³-hybridized carbons (Fsp3) is 0.0909. The van der Waals surface area contributed by atoms with Gasteiger partial charge in [-0.05, 0) is 18.2 Å². The van der Waals surface area contributed by atoms with Crippen LogP contribution in [0.1, 0.15) is 16.1 Å². The Balaban J connectivity index is 2.07. The topological polar surface area (TPSA) is 57.8 Å². The summed E-state index contributed by atoms with van der Waals surface area (Å²) in [7, 11) is 0. The lowest BCUT2D eigenvalue weighted by atomic mass is 10.2. The molecule has 0 radical (unpaired) electrons. The van der Waals surface area contributed by atoms with Crippen LogP contribution >= 0.6 is 23.2 Å². The Bertz CT molecular complexity index is 526. The van der Waals surface area contributed by atoms with Gasteiger partial charge in [0.1, 0.15) is 0 Å². The number of imidazole rings is 1. The van der Waals surface area contributed by atoms with E-state index >= 15 is 0 Å². The van der Waals surface area contributed by atoms with Gasteiger partial charge in [0.05, 0.1) is 29.2 Å². The number of hydrogen-bond acceptors (Lipinski definition) is 2. The molecular weight excluding hydrogens is 261 g/mol. The first-order chi connectivity index (χ1) is 8.16. The highest BCUT2D eigenvalue weighted by molar-refractivity contribution is 6.35. The fourth-order valence-corrected chi connectivity index (χ4v) is 1.70. The zero-order valence-electron chi connectivity index (χ0n) is 8.71. The van der Waals surface area contributed by atoms with Crippen LogP contribution in [0, 0.1) is 0 Å². The number of halogens is 2. The van der Waals surface area contributed by atoms with Crippen molar-refractivity contribution in [2.24, 2.45) is 0 Å². The van der Waals surface area contributed by atoms with Crippen molar-refractivity contribution in [3.63, 3.8) is 0 Å². The van der Waals surface area contributed by atoms with Crippen molar-refractivity contribution in [1.29, 1.82) is 0 Å². The van der Waals surface area contributed by atoms with E-state index in [-0.39, 0.29) is 5.91 Å². The zero-order chi connectivity index (χ0) is 12.3. The number of hydrogen-bond donors (Lipinski definition) is 2. The molecule has 0 atom stereocenters. The van der Waals surface area contributed by atoms with Crippen LogP contribution in [0.25, 0.3) is 0 Å². The molecule has 0 saturated heterocycles. The third-order valence-corrected chi connectivity index (χ3v) is 2.73. The van der Waals surface area contributed by atoms with E-state index in [9.17, 15) is 4.79 Å². The van der Waals surface area contributed by atoms with Crippen LogP contribution in [0.15, 0.2) is 30.7 Å². The smallest absolute Gasteiger partial charge is 0.253 e. The third-order valence-electron chi connectivity index (χ3n) is 2.17. The van der Waals surface area contributed by atoms with E-state index in [1.807, 2.05) is 0 Å². The number of nitrogens with one attached hydrogen (secondary N) is 2. The average Bonchev–Trinajstić information content (AvgIpc) is 2.82. The van der Waals surface area contributed by atoms with Gasteiger partial charge in [0, 0.05) is 11.2 Å². The van der Waals surface area contributed by atoms with E-state index in [2.05, 4.69) is 15.3 Å². The van der Waals surface area contributed by atoms with Crippen LogP contribution < -0.4 is 5.32 Å². The number of amides is 1. The molecule has 0 saturated carbocycles. The minimum Gasteiger partial charge on any atom is -0.347 e. The average molecular weight is 270 g/mol. The number of aromatic amines is 1. The summed E-state index contributed by atoms with van der Waals surface area (Å²) in [5.41, 5.74) is 1.18. The van der Waals surface area contributed by atoms with Crippen LogP contribution in [0.5, 0.6) is 0 Å². The van der Waals surface area contributed by atoms with Crippen LogP contribution in [-0.2, 0) is 6.54 Å². The Kier molecular flexibility index (Phi) is 3.66. The first-order valence-corrected chi connectivity index (χ1v) is 5.63. The van der Waals surface area contributed by atoms with Crippen molar-refractivity contribution in [2.45, 2.75) is 6.54 Å². The van der Waals surface area contributed by atoms with Gasteiger partial charge in [0.2, 0.25) is 0 Å². The summed E-state index contributed by atoms with van der Waals surface area (Å²) < 4.78 is 0. The van der Waals surface area contributed by atoms with Crippen molar-refractivity contribution >= 4 is 29.1 Å². The quantitative estimate of drug-likeness (QED) is 0.900. The number of H-pyrrole nitrogens is 1. The summed E-state index contributed by atoms with van der Waals surface area (Å²) >= 11 is 11.7. The van der Waals surface area contributed by atoms with Crippen LogP contribution in [0.4, 0.5) is 0 Å². The Morgan fingerprint density at radius 2 is 2.24 bits per heavy atom. The van der Waals surface area contributed by atoms with Crippen LogP contribution in [-0.4, -0.2) is 15.9 Å². The SMILES string of the molecule is O=C(NCc1cnc[nH]1)c1cc(Cl)ccc1Cl. The molecule has 0 bridgehead atoms. The molecule has 4 nitrogen and oxygen atoms in total. The second kappa shape index (κ2) is 5.21. The van der Waals surface area contributed by atoms with Crippen molar-refractivity contribution in [3.05, 3.63) is 52.0 Å². The number of carbonyl (C=O) groups is 1. The normalized spacial score (nSPS) is 10.2. The number of rotatable bonds is 3. The number of nitrogens with zero attached hydrogens (tertiary/aromatic N) is 1. The molecule has 1 aromatic heterocycles. The molecule has 2 N–H and O–H groups in total. The van der Waals surface area contributed by atoms with Gasteiger partial charge in [-0.25, -0.2) is 4.98 Å². The summed E-state index contributed by atoms with van der Waals surface area (Å²) in [6.07, 6.45) is 3.19. The van der Waals surface area contributed by atoms with Gasteiger partial charge in [-0.15, -0.1) is 0 Å². The van der Waals surface area contributed by atoms with Gasteiger partial charge >= 0.3 is 0 Å². The molecule has 0 unspecified atom stereocenters. The maximum Gasteiger partial charge on any atom is 0.253 e. The predicted molar refractivity (Wildman–Crippen MR) is 66.2 cm³/mol. The van der Waals surface area contributed by atoms with Crippen molar-refractivity contribution in [3.8, 4) is 0 Å². The first kappa shape index (κ1) is 12.0. The number of carbonyl (C=O) groups excluding carboxylic acids is 1. The van der Waals surface area contributed by atoms with E-state index in [4.69, 9.17) is 23.2 Å². The molecule has 1 heterocycles. The third kappa shape index (κ3) is 2.99. The number of aromatic nitrogens is 2. The Labute approximate surface area is 108 Å². The minimum atomic E-state index is -0.271. The fourth-order valence-electron chi connectivity index (χ4n) is 1.32. The van der Waals surface area contributed by atoms with E-state index < -0.39 is 0 Å². The summed E-state index contributed by atoms with van der Waals surface area (Å²) in [5.74, 6) is -0.271. The molecule has 88 valence electrons. The highest BCUT2D eigenvalue weighted by Crippen LogP contribution is 2.20. The largest absolute Gasteiger partial charge is 0.347 e. The maximum atomic E-state index is 11.8. The van der Waals surface area contributed by atoms with Crippen LogP contribution in [0.3, 0.4) is 0 Å². The summed E-state index contributed by atoms with van der Waals surface area (Å²) in [6.45, 7) is 0.363. The molecule has 1 amide bonds. The second-order valence-corrected chi connectivity index (χ2v) is 4.23. The predicted octanol–water partition coefficient (Wildman–Crippen LogP) is 2.65.